The van der Waals surface area contributed by atoms with E-state index in [1.54, 1.807) is 12.3 Å². The summed E-state index contributed by atoms with van der Waals surface area (Å²) in [6.45, 7) is 1.96. The van der Waals surface area contributed by atoms with E-state index in [1.165, 1.54) is 0 Å². The van der Waals surface area contributed by atoms with Crippen LogP contribution in [0.25, 0.3) is 22.3 Å². The molecule has 0 radical (unpaired) electrons. The topological polar surface area (TPSA) is 42.9 Å². The highest BCUT2D eigenvalue weighted by Gasteiger charge is 2.13. The Morgan fingerprint density at radius 2 is 1.95 bits per heavy atom. The molecule has 3 nitrogen and oxygen atoms in total. The number of halogens is 1. The molecule has 0 aliphatic heterocycles. The smallest absolute Gasteiger partial charge is 0.253 e. The molecule has 2 heterocycles. The van der Waals surface area contributed by atoms with Crippen LogP contribution in [0.2, 0.25) is 0 Å². The zero-order valence-corrected chi connectivity index (χ0v) is 11.6. The van der Waals surface area contributed by atoms with Gasteiger partial charge in [0.15, 0.2) is 0 Å². The van der Waals surface area contributed by atoms with E-state index in [9.17, 15) is 4.79 Å². The Balaban J connectivity index is 2.36. The van der Waals surface area contributed by atoms with Crippen molar-refractivity contribution in [3.63, 3.8) is 0 Å². The van der Waals surface area contributed by atoms with Gasteiger partial charge in [0.05, 0.1) is 16.9 Å². The number of nitrogens with zero attached hydrogens (tertiary/aromatic N) is 2. The van der Waals surface area contributed by atoms with E-state index in [4.69, 9.17) is 11.6 Å². The summed E-state index contributed by atoms with van der Waals surface area (Å²) >= 11 is 5.71. The lowest BCUT2D eigenvalue weighted by Gasteiger charge is -2.08. The maximum Gasteiger partial charge on any atom is 0.253 e. The number of aryl methyl sites for hydroxylation is 1. The highest BCUT2D eigenvalue weighted by atomic mass is 35.5. The lowest BCUT2D eigenvalue weighted by molar-refractivity contribution is 0.108. The fraction of sp³-hybridized carbons (Fsp3) is 0.0625. The summed E-state index contributed by atoms with van der Waals surface area (Å²) in [5.41, 5.74) is 3.60. The van der Waals surface area contributed by atoms with Crippen LogP contribution in [0.3, 0.4) is 0 Å². The van der Waals surface area contributed by atoms with Gasteiger partial charge in [0, 0.05) is 17.1 Å². The van der Waals surface area contributed by atoms with Crippen LogP contribution in [0.5, 0.6) is 0 Å². The van der Waals surface area contributed by atoms with Crippen molar-refractivity contribution in [1.82, 2.24) is 9.97 Å². The molecular formula is C16H11ClN2O. The number of rotatable bonds is 2. The van der Waals surface area contributed by atoms with E-state index in [2.05, 4.69) is 9.97 Å². The van der Waals surface area contributed by atoms with Crippen molar-refractivity contribution in [3.8, 4) is 11.4 Å². The van der Waals surface area contributed by atoms with Gasteiger partial charge in [-0.1, -0.05) is 24.3 Å². The number of hydrogen-bond acceptors (Lipinski definition) is 3. The normalized spacial score (nSPS) is 10.7. The molecule has 4 heteroatoms. The molecular weight excluding hydrogens is 272 g/mol. The van der Waals surface area contributed by atoms with Gasteiger partial charge in [-0.25, -0.2) is 4.98 Å². The average Bonchev–Trinajstić information content (AvgIpc) is 2.47. The van der Waals surface area contributed by atoms with E-state index < -0.39 is 5.24 Å². The second-order valence-corrected chi connectivity index (χ2v) is 4.86. The third kappa shape index (κ3) is 2.17. The molecule has 0 atom stereocenters. The van der Waals surface area contributed by atoms with Crippen molar-refractivity contribution < 1.29 is 4.79 Å². The van der Waals surface area contributed by atoms with Crippen LogP contribution >= 0.6 is 11.6 Å². The number of fused-ring (bicyclic) bond motifs is 1. The molecule has 0 saturated carbocycles. The number of benzene rings is 1. The fourth-order valence-corrected chi connectivity index (χ4v) is 2.36. The molecule has 3 rings (SSSR count). The molecule has 98 valence electrons. The Morgan fingerprint density at radius 1 is 1.10 bits per heavy atom. The van der Waals surface area contributed by atoms with Crippen LogP contribution in [0.4, 0.5) is 0 Å². The minimum absolute atomic E-state index is 0.459. The van der Waals surface area contributed by atoms with Crippen molar-refractivity contribution in [2.24, 2.45) is 0 Å². The van der Waals surface area contributed by atoms with Crippen LogP contribution in [0, 0.1) is 6.92 Å². The summed E-state index contributed by atoms with van der Waals surface area (Å²) in [4.78, 5) is 20.6. The average molecular weight is 283 g/mol. The maximum atomic E-state index is 11.7. The molecule has 0 aliphatic rings. The summed E-state index contributed by atoms with van der Waals surface area (Å²) in [7, 11) is 0. The maximum absolute atomic E-state index is 11.7. The highest BCUT2D eigenvalue weighted by molar-refractivity contribution is 6.68. The molecule has 0 N–H and O–H groups in total. The molecule has 0 spiro atoms. The molecule has 0 aliphatic carbocycles. The van der Waals surface area contributed by atoms with Crippen molar-refractivity contribution in [2.45, 2.75) is 6.92 Å². The number of para-hydroxylation sites is 1. The van der Waals surface area contributed by atoms with Crippen molar-refractivity contribution in [3.05, 3.63) is 59.8 Å². The largest absolute Gasteiger partial charge is 0.276 e. The molecule has 20 heavy (non-hydrogen) atoms. The Kier molecular flexibility index (Phi) is 3.20. The van der Waals surface area contributed by atoms with Gasteiger partial charge < -0.3 is 0 Å². The molecule has 3 aromatic rings. The molecule has 0 fully saturated rings. The Bertz CT molecular complexity index is 800. The lowest BCUT2D eigenvalue weighted by Crippen LogP contribution is -1.97. The Hall–Kier alpha value is -2.26. The minimum Gasteiger partial charge on any atom is -0.276 e. The first kappa shape index (κ1) is 12.8. The molecule has 2 aromatic heterocycles. The first-order valence-electron chi connectivity index (χ1n) is 6.18. The predicted molar refractivity (Wildman–Crippen MR) is 79.9 cm³/mol. The van der Waals surface area contributed by atoms with E-state index in [0.29, 0.717) is 11.3 Å². The molecule has 1 aromatic carbocycles. The first-order valence-corrected chi connectivity index (χ1v) is 6.56. The van der Waals surface area contributed by atoms with Crippen molar-refractivity contribution in [2.75, 3.05) is 0 Å². The van der Waals surface area contributed by atoms with Gasteiger partial charge in [0.2, 0.25) is 0 Å². The Morgan fingerprint density at radius 3 is 2.65 bits per heavy atom. The number of hydrogen-bond donors (Lipinski definition) is 0. The molecule has 0 amide bonds. The zero-order chi connectivity index (χ0) is 14.1. The third-order valence-electron chi connectivity index (χ3n) is 3.18. The minimum atomic E-state index is -0.486. The summed E-state index contributed by atoms with van der Waals surface area (Å²) in [5.74, 6) is 0. The van der Waals surface area contributed by atoms with Gasteiger partial charge in [-0.2, -0.15) is 0 Å². The number of carbonyl (C=O) groups excluding carboxylic acids is 1. The van der Waals surface area contributed by atoms with E-state index >= 15 is 0 Å². The molecule has 0 bridgehead atoms. The number of pyridine rings is 2. The van der Waals surface area contributed by atoms with E-state index in [0.717, 1.165) is 22.2 Å². The summed E-state index contributed by atoms with van der Waals surface area (Å²) in [6.07, 6.45) is 1.70. The van der Waals surface area contributed by atoms with Crippen LogP contribution in [-0.2, 0) is 0 Å². The number of aromatic nitrogens is 2. The third-order valence-corrected chi connectivity index (χ3v) is 3.38. The monoisotopic (exact) mass is 282 g/mol. The first-order chi connectivity index (χ1) is 9.66. The second kappa shape index (κ2) is 5.02. The van der Waals surface area contributed by atoms with Gasteiger partial charge in [0.1, 0.15) is 0 Å². The predicted octanol–water partition coefficient (Wildman–Crippen LogP) is 3.98. The van der Waals surface area contributed by atoms with Gasteiger partial charge >= 0.3 is 0 Å². The summed E-state index contributed by atoms with van der Waals surface area (Å²) in [6, 6.07) is 13.0. The Labute approximate surface area is 121 Å². The molecule has 0 unspecified atom stereocenters. The van der Waals surface area contributed by atoms with Gasteiger partial charge in [-0.15, -0.1) is 0 Å². The zero-order valence-electron chi connectivity index (χ0n) is 10.8. The summed E-state index contributed by atoms with van der Waals surface area (Å²) < 4.78 is 0. The standard InChI is InChI=1S/C16H11ClN2O/c1-10-5-4-6-11-12(16(17)20)9-14(19-15(10)11)13-7-2-3-8-18-13/h2-9H,1H3. The van der Waals surface area contributed by atoms with E-state index in [-0.39, 0.29) is 0 Å². The van der Waals surface area contributed by atoms with Crippen LogP contribution < -0.4 is 0 Å². The number of carbonyl (C=O) groups is 1. The van der Waals surface area contributed by atoms with E-state index in [1.807, 2.05) is 43.3 Å². The van der Waals surface area contributed by atoms with Crippen LogP contribution in [0.15, 0.2) is 48.7 Å². The second-order valence-electron chi connectivity index (χ2n) is 4.51. The SMILES string of the molecule is Cc1cccc2c(C(=O)Cl)cc(-c3ccccn3)nc12. The highest BCUT2D eigenvalue weighted by Crippen LogP contribution is 2.26. The fourth-order valence-electron chi connectivity index (χ4n) is 2.20. The van der Waals surface area contributed by atoms with Crippen molar-refractivity contribution in [1.29, 1.82) is 0 Å². The lowest BCUT2D eigenvalue weighted by atomic mass is 10.0. The van der Waals surface area contributed by atoms with Gasteiger partial charge in [0.25, 0.3) is 5.24 Å². The van der Waals surface area contributed by atoms with Gasteiger partial charge in [-0.05, 0) is 42.3 Å². The summed E-state index contributed by atoms with van der Waals surface area (Å²) in [5, 5.41) is 0.282. The van der Waals surface area contributed by atoms with Crippen LogP contribution in [-0.4, -0.2) is 15.2 Å². The van der Waals surface area contributed by atoms with Crippen LogP contribution in [0.1, 0.15) is 15.9 Å². The van der Waals surface area contributed by atoms with Crippen molar-refractivity contribution >= 4 is 27.7 Å². The molecule has 0 saturated heterocycles. The van der Waals surface area contributed by atoms with Gasteiger partial charge in [-0.3, -0.25) is 9.78 Å². The quantitative estimate of drug-likeness (QED) is 0.668.